The summed E-state index contributed by atoms with van der Waals surface area (Å²) in [5.41, 5.74) is 4.09. The van der Waals surface area contributed by atoms with Gasteiger partial charge in [-0.2, -0.15) is 4.31 Å². The Hall–Kier alpha value is -3.32. The van der Waals surface area contributed by atoms with Gasteiger partial charge in [0.15, 0.2) is 10.8 Å². The van der Waals surface area contributed by atoms with Gasteiger partial charge in [0.1, 0.15) is 0 Å². The number of carbonyl (C=O) groups is 2. The van der Waals surface area contributed by atoms with Crippen molar-refractivity contribution in [2.75, 3.05) is 50.8 Å². The number of aryl methyl sites for hydroxylation is 1. The minimum absolute atomic E-state index is 0.0914. The number of ether oxygens (including phenoxy) is 1. The van der Waals surface area contributed by atoms with E-state index >= 15 is 0 Å². The minimum atomic E-state index is -3.69. The van der Waals surface area contributed by atoms with Crippen LogP contribution in [0.3, 0.4) is 0 Å². The Morgan fingerprint density at radius 2 is 1.73 bits per heavy atom. The fourth-order valence-electron chi connectivity index (χ4n) is 4.60. The molecule has 10 nitrogen and oxygen atoms in total. The van der Waals surface area contributed by atoms with Gasteiger partial charge in [0.2, 0.25) is 10.0 Å². The maximum absolute atomic E-state index is 13.2. The average molecular weight is 587 g/mol. The highest BCUT2D eigenvalue weighted by Crippen LogP contribution is 2.35. The number of carboxylic acids is 1. The highest BCUT2D eigenvalue weighted by molar-refractivity contribution is 7.89. The first-order valence-electron chi connectivity index (χ1n) is 13.2. The van der Waals surface area contributed by atoms with E-state index in [1.54, 1.807) is 41.5 Å². The van der Waals surface area contributed by atoms with Crippen molar-refractivity contribution < 1.29 is 27.9 Å². The van der Waals surface area contributed by atoms with Crippen LogP contribution in [0.1, 0.15) is 36.3 Å². The number of hydrogen-bond donors (Lipinski definition) is 1. The Morgan fingerprint density at radius 1 is 1.05 bits per heavy atom. The van der Waals surface area contributed by atoms with Crippen LogP contribution in [-0.4, -0.2) is 85.5 Å². The number of hydrogen-bond acceptors (Lipinski definition) is 9. The van der Waals surface area contributed by atoms with Gasteiger partial charge in [-0.3, -0.25) is 9.69 Å². The molecule has 0 spiro atoms. The van der Waals surface area contributed by atoms with Gasteiger partial charge in [-0.1, -0.05) is 31.2 Å². The van der Waals surface area contributed by atoms with Crippen LogP contribution >= 0.6 is 11.3 Å². The van der Waals surface area contributed by atoms with E-state index in [0.29, 0.717) is 24.8 Å². The van der Waals surface area contributed by atoms with Gasteiger partial charge in [0.05, 0.1) is 18.0 Å². The lowest BCUT2D eigenvalue weighted by molar-refractivity contribution is -0.138. The smallest absolute Gasteiger partial charge is 0.357 e. The first kappa shape index (κ1) is 29.7. The molecule has 2 heterocycles. The number of sulfonamides is 1. The lowest BCUT2D eigenvalue weighted by atomic mass is 10.0. The lowest BCUT2D eigenvalue weighted by Gasteiger charge is -2.33. The normalized spacial score (nSPS) is 14.7. The number of anilines is 2. The predicted octanol–water partition coefficient (Wildman–Crippen LogP) is 4.23. The van der Waals surface area contributed by atoms with Crippen LogP contribution in [0, 0.1) is 6.92 Å². The summed E-state index contributed by atoms with van der Waals surface area (Å²) in [6.45, 7) is 8.02. The number of piperazine rings is 1. The van der Waals surface area contributed by atoms with Gasteiger partial charge >= 0.3 is 11.9 Å². The molecule has 1 aliphatic heterocycles. The molecule has 12 heteroatoms. The molecule has 1 N–H and O–H groups in total. The number of thiazole rings is 1. The van der Waals surface area contributed by atoms with E-state index < -0.39 is 22.0 Å². The highest BCUT2D eigenvalue weighted by Gasteiger charge is 2.29. The SMILES string of the molecule is CCCN(c1nc(C(=O)OCC)cs1)c1cc(-c2ccc(S(=O)(=O)N3CCN(CC(=O)O)CC3)cc2)ccc1C. The third-order valence-electron chi connectivity index (χ3n) is 6.67. The summed E-state index contributed by atoms with van der Waals surface area (Å²) < 4.78 is 32.9. The molecular formula is C28H34N4O6S2. The van der Waals surface area contributed by atoms with Crippen LogP contribution < -0.4 is 4.90 Å². The van der Waals surface area contributed by atoms with Crippen molar-refractivity contribution in [1.29, 1.82) is 0 Å². The van der Waals surface area contributed by atoms with Crippen molar-refractivity contribution in [3.8, 4) is 11.1 Å². The molecule has 1 fully saturated rings. The molecule has 1 aliphatic rings. The van der Waals surface area contributed by atoms with E-state index in [9.17, 15) is 18.0 Å². The van der Waals surface area contributed by atoms with Crippen molar-refractivity contribution in [2.45, 2.75) is 32.1 Å². The second-order valence-corrected chi connectivity index (χ2v) is 12.3. The van der Waals surface area contributed by atoms with E-state index in [1.807, 2.05) is 19.1 Å². The summed E-state index contributed by atoms with van der Waals surface area (Å²) in [5.74, 6) is -1.36. The zero-order valence-corrected chi connectivity index (χ0v) is 24.5. The monoisotopic (exact) mass is 586 g/mol. The molecule has 0 aliphatic carbocycles. The fraction of sp³-hybridized carbons (Fsp3) is 0.393. The molecule has 0 radical (unpaired) electrons. The molecule has 0 saturated carbocycles. The number of esters is 1. The van der Waals surface area contributed by atoms with E-state index in [1.165, 1.54) is 15.6 Å². The molecule has 40 heavy (non-hydrogen) atoms. The molecule has 4 rings (SSSR count). The van der Waals surface area contributed by atoms with E-state index in [4.69, 9.17) is 9.84 Å². The maximum atomic E-state index is 13.2. The van der Waals surface area contributed by atoms with Gasteiger partial charge < -0.3 is 14.7 Å². The number of aliphatic carboxylic acids is 1. The predicted molar refractivity (Wildman–Crippen MR) is 155 cm³/mol. The van der Waals surface area contributed by atoms with Crippen LogP contribution in [0.2, 0.25) is 0 Å². The van der Waals surface area contributed by atoms with Gasteiger partial charge in [0, 0.05) is 43.8 Å². The largest absolute Gasteiger partial charge is 0.480 e. The summed E-state index contributed by atoms with van der Waals surface area (Å²) in [7, 11) is -3.69. The third kappa shape index (κ3) is 6.69. The van der Waals surface area contributed by atoms with Gasteiger partial charge in [0.25, 0.3) is 0 Å². The summed E-state index contributed by atoms with van der Waals surface area (Å²) in [6.07, 6.45) is 0.870. The standard InChI is InChI=1S/C28H34N4O6S2/c1-4-12-32(28-29-24(19-39-28)27(35)38-5-2)25-17-22(7-6-20(25)3)21-8-10-23(11-9-21)40(36,37)31-15-13-30(14-16-31)18-26(33)34/h6-11,17,19H,4-5,12-16,18H2,1-3H3,(H,33,34). The molecule has 0 unspecified atom stereocenters. The van der Waals surface area contributed by atoms with Gasteiger partial charge in [-0.05, 0) is 55.2 Å². The number of rotatable bonds is 11. The van der Waals surface area contributed by atoms with Crippen molar-refractivity contribution in [1.82, 2.24) is 14.2 Å². The Labute approximate surface area is 238 Å². The fourth-order valence-corrected chi connectivity index (χ4v) is 6.85. The Morgan fingerprint density at radius 3 is 2.35 bits per heavy atom. The molecule has 0 amide bonds. The Balaban J connectivity index is 1.55. The number of carbonyl (C=O) groups excluding carboxylic acids is 1. The van der Waals surface area contributed by atoms with Crippen molar-refractivity contribution >= 4 is 44.1 Å². The topological polar surface area (TPSA) is 120 Å². The molecule has 2 aromatic carbocycles. The molecule has 0 atom stereocenters. The first-order chi connectivity index (χ1) is 19.1. The minimum Gasteiger partial charge on any atom is -0.480 e. The lowest BCUT2D eigenvalue weighted by Crippen LogP contribution is -2.49. The second-order valence-electron chi connectivity index (χ2n) is 9.49. The molecule has 0 bridgehead atoms. The quantitative estimate of drug-likeness (QED) is 0.329. The molecule has 1 saturated heterocycles. The molecular weight excluding hydrogens is 552 g/mol. The average Bonchev–Trinajstić information content (AvgIpc) is 3.43. The van der Waals surface area contributed by atoms with Gasteiger partial charge in [-0.15, -0.1) is 11.3 Å². The van der Waals surface area contributed by atoms with Crippen LogP contribution in [0.25, 0.3) is 11.1 Å². The van der Waals surface area contributed by atoms with Crippen LogP contribution in [0.15, 0.2) is 52.7 Å². The Kier molecular flexibility index (Phi) is 9.56. The highest BCUT2D eigenvalue weighted by atomic mass is 32.2. The zero-order valence-electron chi connectivity index (χ0n) is 22.9. The summed E-state index contributed by atoms with van der Waals surface area (Å²) in [4.78, 5) is 31.7. The third-order valence-corrected chi connectivity index (χ3v) is 9.45. The second kappa shape index (κ2) is 12.9. The van der Waals surface area contributed by atoms with Crippen molar-refractivity contribution in [2.24, 2.45) is 0 Å². The first-order valence-corrected chi connectivity index (χ1v) is 15.5. The van der Waals surface area contributed by atoms with Crippen molar-refractivity contribution in [3.63, 3.8) is 0 Å². The number of nitrogens with zero attached hydrogens (tertiary/aromatic N) is 4. The molecule has 214 valence electrons. The van der Waals surface area contributed by atoms with Crippen LogP contribution in [-0.2, 0) is 19.6 Å². The van der Waals surface area contributed by atoms with E-state index in [-0.39, 0.29) is 36.8 Å². The van der Waals surface area contributed by atoms with Crippen LogP contribution in [0.4, 0.5) is 10.8 Å². The van der Waals surface area contributed by atoms with E-state index in [2.05, 4.69) is 22.9 Å². The number of benzene rings is 2. The molecule has 1 aromatic heterocycles. The zero-order chi connectivity index (χ0) is 28.9. The Bertz CT molecular complexity index is 1450. The summed E-state index contributed by atoms with van der Waals surface area (Å²) in [6, 6.07) is 12.9. The summed E-state index contributed by atoms with van der Waals surface area (Å²) >= 11 is 1.39. The number of carboxylic acid groups (broad SMARTS) is 1. The van der Waals surface area contributed by atoms with Crippen molar-refractivity contribution in [3.05, 3.63) is 59.1 Å². The van der Waals surface area contributed by atoms with Gasteiger partial charge in [-0.25, -0.2) is 18.2 Å². The molecule has 3 aromatic rings. The van der Waals surface area contributed by atoms with E-state index in [0.717, 1.165) is 28.8 Å². The number of aromatic nitrogens is 1. The van der Waals surface area contributed by atoms with Crippen LogP contribution in [0.5, 0.6) is 0 Å². The maximum Gasteiger partial charge on any atom is 0.357 e. The summed E-state index contributed by atoms with van der Waals surface area (Å²) in [5, 5.41) is 11.4.